The van der Waals surface area contributed by atoms with Crippen molar-refractivity contribution in [2.24, 2.45) is 0 Å². The highest BCUT2D eigenvalue weighted by atomic mass is 32.2. The molecule has 1 atom stereocenters. The number of carbonyl (C=O) groups is 1. The van der Waals surface area contributed by atoms with Gasteiger partial charge >= 0.3 is 11.5 Å². The van der Waals surface area contributed by atoms with Crippen LogP contribution in [-0.4, -0.2) is 26.5 Å². The average molecular weight is 190 g/mol. The van der Waals surface area contributed by atoms with E-state index in [0.717, 1.165) is 0 Å². The van der Waals surface area contributed by atoms with Crippen LogP contribution in [0.5, 0.6) is 0 Å². The monoisotopic (exact) mass is 190 g/mol. The molecule has 0 spiro atoms. The van der Waals surface area contributed by atoms with Crippen LogP contribution in [0, 0.1) is 0 Å². The molecule has 1 N–H and O–H groups in total. The summed E-state index contributed by atoms with van der Waals surface area (Å²) in [6, 6.07) is 0. The second-order valence-corrected chi connectivity index (χ2v) is 3.20. The van der Waals surface area contributed by atoms with Crippen LogP contribution in [0.25, 0.3) is 0 Å². The molecule has 0 aliphatic carbocycles. The molecular formula is C4H5F3O3S. The molecule has 0 fully saturated rings. The van der Waals surface area contributed by atoms with Crippen LogP contribution in [0.2, 0.25) is 0 Å². The van der Waals surface area contributed by atoms with Crippen molar-refractivity contribution < 1.29 is 27.3 Å². The Bertz CT molecular complexity index is 176. The molecule has 0 aliphatic rings. The summed E-state index contributed by atoms with van der Waals surface area (Å²) in [7, 11) is -3.04. The fourth-order valence-corrected chi connectivity index (χ4v) is 0.887. The van der Waals surface area contributed by atoms with Crippen molar-refractivity contribution in [3.63, 3.8) is 0 Å². The number of aliphatic carboxylic acids is 1. The molecule has 0 aromatic rings. The Hall–Kier alpha value is -0.590. The minimum atomic E-state index is -4.80. The SMILES string of the molecule is O=C(O)CC[S@](=O)C(F)(F)F. The van der Waals surface area contributed by atoms with E-state index in [9.17, 15) is 22.2 Å². The van der Waals surface area contributed by atoms with Gasteiger partial charge in [-0.05, 0) is 0 Å². The first-order valence-corrected chi connectivity index (χ1v) is 3.83. The highest BCUT2D eigenvalue weighted by Crippen LogP contribution is 2.20. The molecule has 0 saturated heterocycles. The lowest BCUT2D eigenvalue weighted by atomic mass is 10.5. The van der Waals surface area contributed by atoms with E-state index in [0.29, 0.717) is 0 Å². The normalized spacial score (nSPS) is 14.5. The Balaban J connectivity index is 3.80. The van der Waals surface area contributed by atoms with Crippen molar-refractivity contribution in [3.8, 4) is 0 Å². The maximum absolute atomic E-state index is 11.4. The topological polar surface area (TPSA) is 54.4 Å². The zero-order valence-electron chi connectivity index (χ0n) is 5.22. The minimum absolute atomic E-state index is 0.730. The molecule has 7 heteroatoms. The molecule has 0 bridgehead atoms. The number of rotatable bonds is 3. The van der Waals surface area contributed by atoms with Crippen LogP contribution in [-0.2, 0) is 15.6 Å². The molecule has 0 aliphatic heterocycles. The summed E-state index contributed by atoms with van der Waals surface area (Å²) >= 11 is 0. The predicted molar refractivity (Wildman–Crippen MR) is 31.3 cm³/mol. The average Bonchev–Trinajstić information content (AvgIpc) is 1.80. The Morgan fingerprint density at radius 3 is 2.18 bits per heavy atom. The fourth-order valence-electron chi connectivity index (χ4n) is 0.296. The molecule has 0 aromatic carbocycles. The Morgan fingerprint density at radius 2 is 1.91 bits per heavy atom. The maximum atomic E-state index is 11.4. The number of carboxylic acids is 1. The van der Waals surface area contributed by atoms with Crippen molar-refractivity contribution in [2.45, 2.75) is 11.9 Å². The molecule has 66 valence electrons. The van der Waals surface area contributed by atoms with E-state index < -0.39 is 34.5 Å². The summed E-state index contributed by atoms with van der Waals surface area (Å²) in [5.41, 5.74) is -4.80. The number of halogens is 3. The molecule has 0 rings (SSSR count). The molecule has 0 amide bonds. The van der Waals surface area contributed by atoms with Gasteiger partial charge in [0.25, 0.3) is 0 Å². The summed E-state index contributed by atoms with van der Waals surface area (Å²) < 4.78 is 44.3. The van der Waals surface area contributed by atoms with Gasteiger partial charge in [0.15, 0.2) is 0 Å². The molecule has 11 heavy (non-hydrogen) atoms. The van der Waals surface area contributed by atoms with Crippen molar-refractivity contribution in [1.29, 1.82) is 0 Å². The van der Waals surface area contributed by atoms with Crippen LogP contribution in [0.15, 0.2) is 0 Å². The van der Waals surface area contributed by atoms with Gasteiger partial charge in [-0.2, -0.15) is 13.2 Å². The summed E-state index contributed by atoms with van der Waals surface area (Å²) in [6.07, 6.45) is -0.730. The lowest BCUT2D eigenvalue weighted by molar-refractivity contribution is -0.136. The minimum Gasteiger partial charge on any atom is -0.481 e. The summed E-state index contributed by atoms with van der Waals surface area (Å²) in [4.78, 5) is 9.73. The van der Waals surface area contributed by atoms with E-state index in [1.807, 2.05) is 0 Å². The van der Waals surface area contributed by atoms with E-state index in [1.54, 1.807) is 0 Å². The largest absolute Gasteiger partial charge is 0.481 e. The number of hydrogen-bond acceptors (Lipinski definition) is 2. The summed E-state index contributed by atoms with van der Waals surface area (Å²) in [5.74, 6) is -2.26. The van der Waals surface area contributed by atoms with Gasteiger partial charge in [0.2, 0.25) is 0 Å². The van der Waals surface area contributed by atoms with Crippen LogP contribution in [0.3, 0.4) is 0 Å². The first-order chi connectivity index (χ1) is 4.84. The molecule has 0 radical (unpaired) electrons. The maximum Gasteiger partial charge on any atom is 0.471 e. The highest BCUT2D eigenvalue weighted by molar-refractivity contribution is 7.85. The van der Waals surface area contributed by atoms with Gasteiger partial charge in [-0.3, -0.25) is 9.00 Å². The summed E-state index contributed by atoms with van der Waals surface area (Å²) in [5, 5.41) is 7.93. The third-order valence-corrected chi connectivity index (χ3v) is 1.85. The number of carboxylic acid groups (broad SMARTS) is 1. The van der Waals surface area contributed by atoms with Crippen LogP contribution >= 0.6 is 0 Å². The van der Waals surface area contributed by atoms with E-state index in [-0.39, 0.29) is 0 Å². The zero-order valence-corrected chi connectivity index (χ0v) is 6.04. The van der Waals surface area contributed by atoms with Crippen LogP contribution < -0.4 is 0 Å². The smallest absolute Gasteiger partial charge is 0.471 e. The molecule has 0 heterocycles. The molecular weight excluding hydrogens is 185 g/mol. The lowest BCUT2D eigenvalue weighted by Crippen LogP contribution is -2.20. The molecule has 0 aromatic heterocycles. The first-order valence-electron chi connectivity index (χ1n) is 2.51. The van der Waals surface area contributed by atoms with Gasteiger partial charge < -0.3 is 5.11 Å². The van der Waals surface area contributed by atoms with Crippen molar-refractivity contribution in [2.75, 3.05) is 5.75 Å². The van der Waals surface area contributed by atoms with Crippen LogP contribution in [0.4, 0.5) is 13.2 Å². The second-order valence-electron chi connectivity index (χ2n) is 1.64. The zero-order chi connectivity index (χ0) is 9.07. The van der Waals surface area contributed by atoms with Crippen molar-refractivity contribution in [1.82, 2.24) is 0 Å². The number of hydrogen-bond donors (Lipinski definition) is 1. The van der Waals surface area contributed by atoms with Crippen molar-refractivity contribution in [3.05, 3.63) is 0 Å². The van der Waals surface area contributed by atoms with Crippen molar-refractivity contribution >= 4 is 16.8 Å². The predicted octanol–water partition coefficient (Wildman–Crippen LogP) is 0.730. The molecule has 0 unspecified atom stereocenters. The third-order valence-electron chi connectivity index (χ3n) is 0.759. The van der Waals surface area contributed by atoms with E-state index in [4.69, 9.17) is 5.11 Å². The van der Waals surface area contributed by atoms with Gasteiger partial charge in [-0.15, -0.1) is 0 Å². The van der Waals surface area contributed by atoms with E-state index >= 15 is 0 Å². The van der Waals surface area contributed by atoms with Crippen LogP contribution in [0.1, 0.15) is 6.42 Å². The second kappa shape index (κ2) is 3.70. The molecule has 0 saturated carbocycles. The lowest BCUT2D eigenvalue weighted by Gasteiger charge is -2.02. The Morgan fingerprint density at radius 1 is 1.45 bits per heavy atom. The van der Waals surface area contributed by atoms with E-state index in [1.165, 1.54) is 0 Å². The quantitative estimate of drug-likeness (QED) is 0.713. The fraction of sp³-hybridized carbons (Fsp3) is 0.750. The standard InChI is InChI=1S/C4H5F3O3S/c5-4(6,7)11(10)2-1-3(8)9/h1-2H2,(H,8,9)/t11-/m0/s1. The van der Waals surface area contributed by atoms with Gasteiger partial charge in [0.1, 0.15) is 10.8 Å². The van der Waals surface area contributed by atoms with Gasteiger partial charge in [-0.25, -0.2) is 0 Å². The summed E-state index contributed by atoms with van der Waals surface area (Å²) in [6.45, 7) is 0. The highest BCUT2D eigenvalue weighted by Gasteiger charge is 2.36. The van der Waals surface area contributed by atoms with E-state index in [2.05, 4.69) is 0 Å². The third kappa shape index (κ3) is 4.77. The Labute approximate surface area is 62.7 Å². The first kappa shape index (κ1) is 10.4. The molecule has 3 nitrogen and oxygen atoms in total. The Kier molecular flexibility index (Phi) is 3.50. The van der Waals surface area contributed by atoms with Gasteiger partial charge in [0, 0.05) is 5.75 Å². The number of alkyl halides is 3. The van der Waals surface area contributed by atoms with Gasteiger partial charge in [-0.1, -0.05) is 0 Å². The van der Waals surface area contributed by atoms with Gasteiger partial charge in [0.05, 0.1) is 6.42 Å².